The number of carbonyl (C=O) groups excluding carboxylic acids is 2. The van der Waals surface area contributed by atoms with Gasteiger partial charge in [0.2, 0.25) is 5.91 Å². The van der Waals surface area contributed by atoms with E-state index < -0.39 is 51.3 Å². The molecular weight excluding hydrogens is 528 g/mol. The molecule has 2 amide bonds. The summed E-state index contributed by atoms with van der Waals surface area (Å²) in [5.74, 6) is -2.35. The molecule has 0 spiro atoms. The number of piperidine rings is 1. The SMILES string of the molecule is Cc1ccc(C(=O)N2[C@@H](C(=O)N[C@@H](c3ccc(C(F)(F)F)cc3F)C3COC3)C[C@H]3C[C@H]32)cc1S(C)(=O)=O. The number of rotatable bonds is 6. The van der Waals surface area contributed by atoms with Gasteiger partial charge in [-0.15, -0.1) is 0 Å². The molecule has 38 heavy (non-hydrogen) atoms. The van der Waals surface area contributed by atoms with E-state index in [9.17, 15) is 35.6 Å². The Kier molecular flexibility index (Phi) is 6.54. The molecule has 1 saturated carbocycles. The number of fused-ring (bicyclic) bond motifs is 1. The van der Waals surface area contributed by atoms with Gasteiger partial charge in [0.15, 0.2) is 9.84 Å². The summed E-state index contributed by atoms with van der Waals surface area (Å²) in [6, 6.07) is 4.58. The van der Waals surface area contributed by atoms with Gasteiger partial charge in [-0.1, -0.05) is 12.1 Å². The number of carbonyl (C=O) groups is 2. The summed E-state index contributed by atoms with van der Waals surface area (Å²) in [5, 5.41) is 2.77. The molecule has 1 N–H and O–H groups in total. The lowest BCUT2D eigenvalue weighted by Crippen LogP contribution is -2.51. The fraction of sp³-hybridized carbons (Fsp3) is 0.462. The minimum atomic E-state index is -4.71. The molecule has 3 aliphatic rings. The number of halogens is 4. The van der Waals surface area contributed by atoms with Crippen molar-refractivity contribution < 1.29 is 40.3 Å². The third-order valence-corrected chi connectivity index (χ3v) is 8.81. The number of hydrogen-bond acceptors (Lipinski definition) is 5. The molecule has 5 rings (SSSR count). The molecule has 2 aromatic carbocycles. The first kappa shape index (κ1) is 26.6. The predicted octanol–water partition coefficient (Wildman–Crippen LogP) is 3.66. The summed E-state index contributed by atoms with van der Waals surface area (Å²) in [6.45, 7) is 2.02. The average Bonchev–Trinajstić information content (AvgIpc) is 3.45. The summed E-state index contributed by atoms with van der Waals surface area (Å²) in [5.41, 5.74) is -0.586. The number of aryl methyl sites for hydroxylation is 1. The molecule has 2 aromatic rings. The number of ether oxygens (including phenoxy) is 1. The van der Waals surface area contributed by atoms with Crippen LogP contribution in [0.2, 0.25) is 0 Å². The Morgan fingerprint density at radius 2 is 1.82 bits per heavy atom. The van der Waals surface area contributed by atoms with E-state index >= 15 is 0 Å². The quantitative estimate of drug-likeness (QED) is 0.551. The summed E-state index contributed by atoms with van der Waals surface area (Å²) in [7, 11) is -3.58. The van der Waals surface area contributed by atoms with Crippen LogP contribution in [0.1, 0.15) is 45.9 Å². The van der Waals surface area contributed by atoms with E-state index in [1.165, 1.54) is 17.0 Å². The standard InChI is InChI=1S/C26H26F4N2O5S/c1-13-3-4-14(9-22(13)38(2,35)36)25(34)32-20-7-15(20)8-21(32)24(33)31-23(16-11-37-12-16)18-6-5-17(10-19(18)27)26(28,29)30/h3-6,9-10,15-16,20-21,23H,7-8,11-12H2,1-2H3,(H,31,33)/t15-,20-,21-,23-/m1/s1. The van der Waals surface area contributed by atoms with Gasteiger partial charge in [-0.05, 0) is 55.5 Å². The molecule has 7 nitrogen and oxygen atoms in total. The van der Waals surface area contributed by atoms with Crippen LogP contribution in [0.25, 0.3) is 0 Å². The van der Waals surface area contributed by atoms with Crippen molar-refractivity contribution in [2.75, 3.05) is 19.5 Å². The van der Waals surface area contributed by atoms with Crippen LogP contribution < -0.4 is 5.32 Å². The van der Waals surface area contributed by atoms with Crippen LogP contribution in [0, 0.1) is 24.6 Å². The molecule has 204 valence electrons. The Bertz CT molecular complexity index is 1410. The minimum Gasteiger partial charge on any atom is -0.381 e. The van der Waals surface area contributed by atoms with Gasteiger partial charge >= 0.3 is 6.18 Å². The van der Waals surface area contributed by atoms with Crippen molar-refractivity contribution in [3.63, 3.8) is 0 Å². The van der Waals surface area contributed by atoms with Gasteiger partial charge in [-0.25, -0.2) is 12.8 Å². The monoisotopic (exact) mass is 554 g/mol. The van der Waals surface area contributed by atoms with Crippen LogP contribution in [-0.2, 0) is 25.5 Å². The number of hydrogen-bond donors (Lipinski definition) is 1. The van der Waals surface area contributed by atoms with Crippen molar-refractivity contribution in [1.29, 1.82) is 0 Å². The number of nitrogens with zero attached hydrogens (tertiary/aromatic N) is 1. The maximum atomic E-state index is 14.8. The lowest BCUT2D eigenvalue weighted by Gasteiger charge is -2.36. The van der Waals surface area contributed by atoms with Crippen LogP contribution in [0.15, 0.2) is 41.3 Å². The summed E-state index contributed by atoms with van der Waals surface area (Å²) >= 11 is 0. The Labute approximate surface area is 217 Å². The van der Waals surface area contributed by atoms with Crippen molar-refractivity contribution in [3.8, 4) is 0 Å². The van der Waals surface area contributed by atoms with Crippen molar-refractivity contribution in [1.82, 2.24) is 10.2 Å². The van der Waals surface area contributed by atoms with E-state index in [2.05, 4.69) is 5.32 Å². The number of sulfone groups is 1. The van der Waals surface area contributed by atoms with Crippen LogP contribution in [0.5, 0.6) is 0 Å². The van der Waals surface area contributed by atoms with Crippen molar-refractivity contribution in [2.24, 2.45) is 11.8 Å². The normalized spacial score (nSPS) is 23.9. The minimum absolute atomic E-state index is 0.0266. The first-order chi connectivity index (χ1) is 17.8. The average molecular weight is 555 g/mol. The number of benzene rings is 2. The molecule has 0 aromatic heterocycles. The van der Waals surface area contributed by atoms with Gasteiger partial charge in [0, 0.05) is 29.3 Å². The summed E-state index contributed by atoms with van der Waals surface area (Å²) in [6.07, 6.45) is -2.56. The zero-order valence-electron chi connectivity index (χ0n) is 20.6. The molecule has 0 bridgehead atoms. The highest BCUT2D eigenvalue weighted by Gasteiger charge is 2.56. The van der Waals surface area contributed by atoms with Crippen molar-refractivity contribution in [3.05, 3.63) is 64.5 Å². The number of alkyl halides is 3. The Balaban J connectivity index is 1.40. The second-order valence-electron chi connectivity index (χ2n) is 10.3. The molecule has 2 heterocycles. The number of likely N-dealkylation sites (tertiary alicyclic amines) is 1. The molecule has 0 radical (unpaired) electrons. The Morgan fingerprint density at radius 1 is 1.11 bits per heavy atom. The smallest absolute Gasteiger partial charge is 0.381 e. The van der Waals surface area contributed by atoms with Gasteiger partial charge in [-0.3, -0.25) is 9.59 Å². The molecular formula is C26H26F4N2O5S. The lowest BCUT2D eigenvalue weighted by atomic mass is 9.90. The predicted molar refractivity (Wildman–Crippen MR) is 127 cm³/mol. The number of nitrogens with one attached hydrogen (secondary N) is 1. The first-order valence-electron chi connectivity index (χ1n) is 12.1. The first-order valence-corrected chi connectivity index (χ1v) is 14.0. The Hall–Kier alpha value is -2.99. The van der Waals surface area contributed by atoms with E-state index in [0.717, 1.165) is 18.4 Å². The summed E-state index contributed by atoms with van der Waals surface area (Å²) < 4.78 is 83.4. The van der Waals surface area contributed by atoms with Gasteiger partial charge in [0.1, 0.15) is 11.9 Å². The second kappa shape index (κ2) is 9.33. The topological polar surface area (TPSA) is 92.8 Å². The van der Waals surface area contributed by atoms with Crippen LogP contribution in [-0.4, -0.2) is 56.7 Å². The third kappa shape index (κ3) is 4.91. The second-order valence-corrected chi connectivity index (χ2v) is 12.3. The largest absolute Gasteiger partial charge is 0.416 e. The van der Waals surface area contributed by atoms with E-state index in [1.54, 1.807) is 13.0 Å². The fourth-order valence-electron chi connectivity index (χ4n) is 5.37. The van der Waals surface area contributed by atoms with E-state index in [1.807, 2.05) is 0 Å². The summed E-state index contributed by atoms with van der Waals surface area (Å²) in [4.78, 5) is 28.4. The van der Waals surface area contributed by atoms with Crippen LogP contribution in [0.4, 0.5) is 17.6 Å². The fourth-order valence-corrected chi connectivity index (χ4v) is 6.36. The highest BCUT2D eigenvalue weighted by atomic mass is 32.2. The van der Waals surface area contributed by atoms with Gasteiger partial charge in [0.25, 0.3) is 5.91 Å². The van der Waals surface area contributed by atoms with Gasteiger partial charge in [0.05, 0.1) is 29.7 Å². The van der Waals surface area contributed by atoms with Crippen molar-refractivity contribution >= 4 is 21.7 Å². The molecule has 12 heteroatoms. The maximum absolute atomic E-state index is 14.8. The third-order valence-electron chi connectivity index (χ3n) is 7.57. The van der Waals surface area contributed by atoms with Gasteiger partial charge < -0.3 is 15.0 Å². The highest BCUT2D eigenvalue weighted by molar-refractivity contribution is 7.90. The molecule has 3 fully saturated rings. The van der Waals surface area contributed by atoms with E-state index in [-0.39, 0.29) is 47.1 Å². The maximum Gasteiger partial charge on any atom is 0.416 e. The zero-order valence-corrected chi connectivity index (χ0v) is 21.4. The van der Waals surface area contributed by atoms with Crippen LogP contribution >= 0.6 is 0 Å². The number of amides is 2. The highest BCUT2D eigenvalue weighted by Crippen LogP contribution is 2.49. The van der Waals surface area contributed by atoms with Crippen molar-refractivity contribution in [2.45, 2.75) is 49.0 Å². The van der Waals surface area contributed by atoms with E-state index in [0.29, 0.717) is 24.5 Å². The molecule has 2 saturated heterocycles. The molecule has 1 aliphatic carbocycles. The Morgan fingerprint density at radius 3 is 2.39 bits per heavy atom. The molecule has 4 atom stereocenters. The van der Waals surface area contributed by atoms with Crippen LogP contribution in [0.3, 0.4) is 0 Å². The molecule has 2 aliphatic heterocycles. The zero-order chi connectivity index (χ0) is 27.6. The lowest BCUT2D eigenvalue weighted by molar-refractivity contribution is -0.138. The van der Waals surface area contributed by atoms with Gasteiger partial charge in [-0.2, -0.15) is 13.2 Å². The van der Waals surface area contributed by atoms with E-state index in [4.69, 9.17) is 4.74 Å². The molecule has 0 unspecified atom stereocenters.